The van der Waals surface area contributed by atoms with Crippen molar-refractivity contribution in [2.45, 2.75) is 19.8 Å². The maximum Gasteiger partial charge on any atom is 0.243 e. The number of hydrogen-bond acceptors (Lipinski definition) is 4. The summed E-state index contributed by atoms with van der Waals surface area (Å²) in [5.41, 5.74) is 1.78. The van der Waals surface area contributed by atoms with Gasteiger partial charge >= 0.3 is 0 Å². The molecule has 0 bridgehead atoms. The molecule has 0 heterocycles. The lowest BCUT2D eigenvalue weighted by molar-refractivity contribution is -0.137. The molecule has 1 saturated carbocycles. The fraction of sp³-hybridized carbons (Fsp3) is 0.500. The molecule has 1 aromatic carbocycles. The SMILES string of the molecule is COCCN(CC(=O)NCC(=O)Nc1ccc(C)cc1)C(=O)C1CC1. The number of rotatable bonds is 9. The second-order valence-corrected chi connectivity index (χ2v) is 6.22. The molecule has 1 aromatic rings. The largest absolute Gasteiger partial charge is 0.383 e. The van der Waals surface area contributed by atoms with Gasteiger partial charge in [-0.15, -0.1) is 0 Å². The van der Waals surface area contributed by atoms with E-state index in [0.29, 0.717) is 18.8 Å². The summed E-state index contributed by atoms with van der Waals surface area (Å²) >= 11 is 0. The van der Waals surface area contributed by atoms with Crippen LogP contribution in [0.3, 0.4) is 0 Å². The van der Waals surface area contributed by atoms with E-state index in [2.05, 4.69) is 10.6 Å². The fourth-order valence-electron chi connectivity index (χ4n) is 2.31. The maximum absolute atomic E-state index is 12.2. The standard InChI is InChI=1S/C18H25N3O4/c1-13-3-7-15(8-4-13)20-16(22)11-19-17(23)12-21(9-10-25-2)18(24)14-5-6-14/h3-4,7-8,14H,5-6,9-12H2,1-2H3,(H,19,23)(H,20,22). The highest BCUT2D eigenvalue weighted by molar-refractivity contribution is 5.95. The van der Waals surface area contributed by atoms with Gasteiger partial charge in [0, 0.05) is 25.3 Å². The molecule has 7 heteroatoms. The first-order chi connectivity index (χ1) is 12.0. The Hall–Kier alpha value is -2.41. The van der Waals surface area contributed by atoms with Crippen LogP contribution in [0.5, 0.6) is 0 Å². The van der Waals surface area contributed by atoms with E-state index < -0.39 is 0 Å². The topological polar surface area (TPSA) is 87.7 Å². The summed E-state index contributed by atoms with van der Waals surface area (Å²) in [6, 6.07) is 7.39. The van der Waals surface area contributed by atoms with Crippen molar-refractivity contribution in [3.8, 4) is 0 Å². The Morgan fingerprint density at radius 3 is 2.44 bits per heavy atom. The molecular weight excluding hydrogens is 322 g/mol. The first-order valence-electron chi connectivity index (χ1n) is 8.40. The molecule has 1 aliphatic rings. The van der Waals surface area contributed by atoms with Gasteiger partial charge in [-0.25, -0.2) is 0 Å². The maximum atomic E-state index is 12.2. The van der Waals surface area contributed by atoms with Gasteiger partial charge in [-0.1, -0.05) is 17.7 Å². The molecule has 2 rings (SSSR count). The molecule has 0 atom stereocenters. The van der Waals surface area contributed by atoms with Gasteiger partial charge in [0.05, 0.1) is 19.7 Å². The highest BCUT2D eigenvalue weighted by Gasteiger charge is 2.33. The molecule has 1 aliphatic carbocycles. The van der Waals surface area contributed by atoms with Crippen LogP contribution in [0.4, 0.5) is 5.69 Å². The summed E-state index contributed by atoms with van der Waals surface area (Å²) < 4.78 is 4.99. The van der Waals surface area contributed by atoms with Crippen LogP contribution < -0.4 is 10.6 Å². The molecule has 1 fully saturated rings. The first kappa shape index (κ1) is 18.9. The molecule has 0 radical (unpaired) electrons. The predicted octanol–water partition coefficient (Wildman–Crippen LogP) is 0.935. The molecule has 136 valence electrons. The molecule has 0 aliphatic heterocycles. The zero-order valence-electron chi connectivity index (χ0n) is 14.7. The van der Waals surface area contributed by atoms with Crippen molar-refractivity contribution in [2.24, 2.45) is 5.92 Å². The van der Waals surface area contributed by atoms with E-state index in [0.717, 1.165) is 18.4 Å². The zero-order chi connectivity index (χ0) is 18.2. The quantitative estimate of drug-likeness (QED) is 0.696. The molecule has 25 heavy (non-hydrogen) atoms. The highest BCUT2D eigenvalue weighted by atomic mass is 16.5. The molecule has 0 spiro atoms. The van der Waals surface area contributed by atoms with E-state index in [4.69, 9.17) is 4.74 Å². The van der Waals surface area contributed by atoms with Crippen molar-refractivity contribution in [1.82, 2.24) is 10.2 Å². The fourth-order valence-corrected chi connectivity index (χ4v) is 2.31. The lowest BCUT2D eigenvalue weighted by Crippen LogP contribution is -2.44. The Morgan fingerprint density at radius 2 is 1.84 bits per heavy atom. The normalized spacial score (nSPS) is 13.2. The van der Waals surface area contributed by atoms with E-state index >= 15 is 0 Å². The number of methoxy groups -OCH3 is 1. The summed E-state index contributed by atoms with van der Waals surface area (Å²) in [4.78, 5) is 37.6. The van der Waals surface area contributed by atoms with Gasteiger partial charge in [0.15, 0.2) is 0 Å². The number of benzene rings is 1. The van der Waals surface area contributed by atoms with Crippen molar-refractivity contribution >= 4 is 23.4 Å². The van der Waals surface area contributed by atoms with Crippen LogP contribution in [0.25, 0.3) is 0 Å². The smallest absolute Gasteiger partial charge is 0.243 e. The first-order valence-corrected chi connectivity index (χ1v) is 8.40. The van der Waals surface area contributed by atoms with Gasteiger partial charge in [0.25, 0.3) is 0 Å². The Bertz CT molecular complexity index is 611. The number of carbonyl (C=O) groups is 3. The van der Waals surface area contributed by atoms with Gasteiger partial charge in [-0.2, -0.15) is 0 Å². The second kappa shape index (κ2) is 9.17. The minimum absolute atomic E-state index is 0.0173. The molecule has 0 aromatic heterocycles. The van der Waals surface area contributed by atoms with Crippen LogP contribution in [-0.2, 0) is 19.1 Å². The Kier molecular flexibility index (Phi) is 6.94. The zero-order valence-corrected chi connectivity index (χ0v) is 14.7. The van der Waals surface area contributed by atoms with Crippen LogP contribution >= 0.6 is 0 Å². The highest BCUT2D eigenvalue weighted by Crippen LogP contribution is 2.30. The van der Waals surface area contributed by atoms with Gasteiger partial charge in [-0.05, 0) is 31.9 Å². The van der Waals surface area contributed by atoms with Crippen LogP contribution in [0.2, 0.25) is 0 Å². The minimum atomic E-state index is -0.357. The number of ether oxygens (including phenoxy) is 1. The number of carbonyl (C=O) groups excluding carboxylic acids is 3. The van der Waals surface area contributed by atoms with E-state index in [1.807, 2.05) is 19.1 Å². The number of amides is 3. The lowest BCUT2D eigenvalue weighted by atomic mass is 10.2. The summed E-state index contributed by atoms with van der Waals surface area (Å²) in [5.74, 6) is -0.649. The van der Waals surface area contributed by atoms with Crippen molar-refractivity contribution in [2.75, 3.05) is 38.7 Å². The number of aryl methyl sites for hydroxylation is 1. The van der Waals surface area contributed by atoms with E-state index in [1.165, 1.54) is 4.90 Å². The van der Waals surface area contributed by atoms with Gasteiger partial charge in [0.2, 0.25) is 17.7 Å². The third kappa shape index (κ3) is 6.54. The second-order valence-electron chi connectivity index (χ2n) is 6.22. The molecule has 7 nitrogen and oxygen atoms in total. The Balaban J connectivity index is 1.76. The third-order valence-electron chi connectivity index (χ3n) is 3.92. The van der Waals surface area contributed by atoms with Crippen molar-refractivity contribution < 1.29 is 19.1 Å². The number of hydrogen-bond donors (Lipinski definition) is 2. The minimum Gasteiger partial charge on any atom is -0.383 e. The Labute approximate surface area is 147 Å². The van der Waals surface area contributed by atoms with Crippen LogP contribution in [0.15, 0.2) is 24.3 Å². The van der Waals surface area contributed by atoms with Crippen LogP contribution in [-0.4, -0.2) is 56.0 Å². The van der Waals surface area contributed by atoms with E-state index in [9.17, 15) is 14.4 Å². The van der Waals surface area contributed by atoms with E-state index in [1.54, 1.807) is 19.2 Å². The molecular formula is C18H25N3O4. The number of nitrogens with one attached hydrogen (secondary N) is 2. The van der Waals surface area contributed by atoms with Gasteiger partial charge < -0.3 is 20.3 Å². The van der Waals surface area contributed by atoms with Crippen molar-refractivity contribution in [1.29, 1.82) is 0 Å². The number of anilines is 1. The third-order valence-corrected chi connectivity index (χ3v) is 3.92. The summed E-state index contributed by atoms with van der Waals surface area (Å²) in [7, 11) is 1.55. The average Bonchev–Trinajstić information content (AvgIpc) is 3.43. The average molecular weight is 347 g/mol. The van der Waals surface area contributed by atoms with Gasteiger partial charge in [-0.3, -0.25) is 14.4 Å². The summed E-state index contributed by atoms with van der Waals surface area (Å²) in [6.07, 6.45) is 1.76. The Morgan fingerprint density at radius 1 is 1.16 bits per heavy atom. The van der Waals surface area contributed by atoms with Crippen LogP contribution in [0.1, 0.15) is 18.4 Å². The van der Waals surface area contributed by atoms with E-state index in [-0.39, 0.29) is 36.7 Å². The molecule has 2 N–H and O–H groups in total. The van der Waals surface area contributed by atoms with Gasteiger partial charge in [0.1, 0.15) is 0 Å². The predicted molar refractivity (Wildman–Crippen MR) is 94.0 cm³/mol. The summed E-state index contributed by atoms with van der Waals surface area (Å²) in [6.45, 7) is 2.51. The number of nitrogens with zero attached hydrogens (tertiary/aromatic N) is 1. The molecule has 0 saturated heterocycles. The monoisotopic (exact) mass is 347 g/mol. The van der Waals surface area contributed by atoms with Crippen molar-refractivity contribution in [3.63, 3.8) is 0 Å². The summed E-state index contributed by atoms with van der Waals surface area (Å²) in [5, 5.41) is 5.26. The molecule has 0 unspecified atom stereocenters. The van der Waals surface area contributed by atoms with Crippen molar-refractivity contribution in [3.05, 3.63) is 29.8 Å². The lowest BCUT2D eigenvalue weighted by Gasteiger charge is -2.21. The van der Waals surface area contributed by atoms with Crippen LogP contribution in [0, 0.1) is 12.8 Å². The molecule has 3 amide bonds.